The average molecular weight is 420 g/mol. The van der Waals surface area contributed by atoms with Crippen LogP contribution in [0, 0.1) is 5.92 Å². The predicted octanol–water partition coefficient (Wildman–Crippen LogP) is 4.52. The van der Waals surface area contributed by atoms with Crippen LogP contribution >= 0.6 is 0 Å². The standard InChI is InChI=1S/C25H45N3O2/c1-5-8-10-12-23(19(4)7-3)28-24(17-20-13-15-22(29)16-14-20)25(30)27-18-21(26)11-9-6-2/h13-16,19,21,23-24,28-29H,5-12,17-18,26H2,1-4H3,(H,27,30)/t19-,21-,23+,24-/m0/s1. The number of benzene rings is 1. The first kappa shape index (κ1) is 26.4. The highest BCUT2D eigenvalue weighted by Crippen LogP contribution is 2.17. The van der Waals surface area contributed by atoms with Gasteiger partial charge in [-0.25, -0.2) is 0 Å². The molecule has 0 bridgehead atoms. The first-order valence-electron chi connectivity index (χ1n) is 12.0. The van der Waals surface area contributed by atoms with Crippen molar-refractivity contribution in [2.75, 3.05) is 6.54 Å². The monoisotopic (exact) mass is 419 g/mol. The van der Waals surface area contributed by atoms with Crippen molar-refractivity contribution >= 4 is 5.91 Å². The Morgan fingerprint density at radius 2 is 1.70 bits per heavy atom. The predicted molar refractivity (Wildman–Crippen MR) is 127 cm³/mol. The zero-order valence-electron chi connectivity index (χ0n) is 19.6. The summed E-state index contributed by atoms with van der Waals surface area (Å²) in [6, 6.07) is 7.13. The lowest BCUT2D eigenvalue weighted by molar-refractivity contribution is -0.123. The van der Waals surface area contributed by atoms with Crippen molar-refractivity contribution in [2.45, 2.75) is 104 Å². The SMILES string of the molecule is CCCCC[C@@H](N[C@@H](Cc1ccc(O)cc1)C(=O)NC[C@@H](N)CCCC)[C@@H](C)CC. The minimum atomic E-state index is -0.312. The first-order valence-corrected chi connectivity index (χ1v) is 12.0. The molecule has 0 aliphatic rings. The van der Waals surface area contributed by atoms with E-state index in [1.54, 1.807) is 12.1 Å². The number of phenols is 1. The molecule has 1 rings (SSSR count). The maximum atomic E-state index is 13.1. The zero-order valence-corrected chi connectivity index (χ0v) is 19.6. The van der Waals surface area contributed by atoms with E-state index in [-0.39, 0.29) is 23.7 Å². The topological polar surface area (TPSA) is 87.4 Å². The van der Waals surface area contributed by atoms with Gasteiger partial charge in [0.25, 0.3) is 0 Å². The van der Waals surface area contributed by atoms with Crippen molar-refractivity contribution in [1.29, 1.82) is 0 Å². The molecular weight excluding hydrogens is 374 g/mol. The second kappa shape index (κ2) is 15.2. The van der Waals surface area contributed by atoms with Gasteiger partial charge in [0.15, 0.2) is 0 Å². The summed E-state index contributed by atoms with van der Waals surface area (Å²) in [4.78, 5) is 13.1. The number of carbonyl (C=O) groups is 1. The van der Waals surface area contributed by atoms with Gasteiger partial charge in [0, 0.05) is 18.6 Å². The summed E-state index contributed by atoms with van der Waals surface area (Å²) in [5.74, 6) is 0.759. The lowest BCUT2D eigenvalue weighted by atomic mass is 9.92. The van der Waals surface area contributed by atoms with E-state index in [0.29, 0.717) is 24.9 Å². The third-order valence-corrected chi connectivity index (χ3v) is 6.02. The van der Waals surface area contributed by atoms with Crippen molar-refractivity contribution in [3.8, 4) is 5.75 Å². The highest BCUT2D eigenvalue weighted by atomic mass is 16.3. The number of rotatable bonds is 16. The molecule has 0 saturated carbocycles. The second-order valence-corrected chi connectivity index (χ2v) is 8.73. The molecule has 1 aromatic carbocycles. The molecule has 0 spiro atoms. The number of unbranched alkanes of at least 4 members (excludes halogenated alkanes) is 3. The minimum absolute atomic E-state index is 0.00172. The van der Waals surface area contributed by atoms with E-state index in [4.69, 9.17) is 5.73 Å². The fourth-order valence-corrected chi connectivity index (χ4v) is 3.71. The third kappa shape index (κ3) is 10.4. The Morgan fingerprint density at radius 1 is 1.03 bits per heavy atom. The normalized spacial score (nSPS) is 15.4. The second-order valence-electron chi connectivity index (χ2n) is 8.73. The van der Waals surface area contributed by atoms with Crippen LogP contribution in [0.5, 0.6) is 5.75 Å². The number of aromatic hydroxyl groups is 1. The van der Waals surface area contributed by atoms with Crippen molar-refractivity contribution in [3.63, 3.8) is 0 Å². The fraction of sp³-hybridized carbons (Fsp3) is 0.720. The van der Waals surface area contributed by atoms with Gasteiger partial charge in [-0.15, -0.1) is 0 Å². The van der Waals surface area contributed by atoms with E-state index in [2.05, 4.69) is 38.3 Å². The largest absolute Gasteiger partial charge is 0.508 e. The molecule has 5 heteroatoms. The number of amides is 1. The molecule has 1 aromatic rings. The van der Waals surface area contributed by atoms with Crippen molar-refractivity contribution < 1.29 is 9.90 Å². The number of nitrogens with one attached hydrogen (secondary N) is 2. The summed E-state index contributed by atoms with van der Waals surface area (Å²) in [6.07, 6.45) is 9.47. The highest BCUT2D eigenvalue weighted by molar-refractivity contribution is 5.82. The molecule has 30 heavy (non-hydrogen) atoms. The van der Waals surface area contributed by atoms with Crippen LogP contribution in [0.15, 0.2) is 24.3 Å². The molecule has 172 valence electrons. The van der Waals surface area contributed by atoms with Gasteiger partial charge >= 0.3 is 0 Å². The van der Waals surface area contributed by atoms with Gasteiger partial charge in [-0.05, 0) is 42.9 Å². The lowest BCUT2D eigenvalue weighted by Crippen LogP contribution is -2.52. The maximum Gasteiger partial charge on any atom is 0.237 e. The van der Waals surface area contributed by atoms with E-state index in [1.807, 2.05) is 12.1 Å². The number of carbonyl (C=O) groups excluding carboxylic acids is 1. The van der Waals surface area contributed by atoms with Crippen molar-refractivity contribution in [2.24, 2.45) is 11.7 Å². The fourth-order valence-electron chi connectivity index (χ4n) is 3.71. The minimum Gasteiger partial charge on any atom is -0.508 e. The van der Waals surface area contributed by atoms with Crippen LogP contribution in [0.2, 0.25) is 0 Å². The molecule has 0 saturated heterocycles. The summed E-state index contributed by atoms with van der Waals surface area (Å²) in [6.45, 7) is 9.35. The summed E-state index contributed by atoms with van der Waals surface area (Å²) >= 11 is 0. The number of nitrogens with two attached hydrogens (primary N) is 1. The van der Waals surface area contributed by atoms with Crippen LogP contribution in [-0.4, -0.2) is 35.7 Å². The van der Waals surface area contributed by atoms with E-state index in [1.165, 1.54) is 19.3 Å². The van der Waals surface area contributed by atoms with E-state index in [0.717, 1.165) is 37.7 Å². The molecular formula is C25H45N3O2. The lowest BCUT2D eigenvalue weighted by Gasteiger charge is -2.30. The number of hydrogen-bond donors (Lipinski definition) is 4. The zero-order chi connectivity index (χ0) is 22.4. The van der Waals surface area contributed by atoms with Gasteiger partial charge in [0.05, 0.1) is 6.04 Å². The molecule has 5 nitrogen and oxygen atoms in total. The molecule has 0 aromatic heterocycles. The molecule has 1 amide bonds. The van der Waals surface area contributed by atoms with Crippen LogP contribution in [0.4, 0.5) is 0 Å². The van der Waals surface area contributed by atoms with Crippen LogP contribution in [-0.2, 0) is 11.2 Å². The van der Waals surface area contributed by atoms with Crippen LogP contribution in [0.3, 0.4) is 0 Å². The van der Waals surface area contributed by atoms with E-state index < -0.39 is 0 Å². The van der Waals surface area contributed by atoms with Gasteiger partial charge in [-0.3, -0.25) is 4.79 Å². The average Bonchev–Trinajstić information content (AvgIpc) is 2.75. The van der Waals surface area contributed by atoms with Crippen LogP contribution < -0.4 is 16.4 Å². The van der Waals surface area contributed by atoms with Crippen LogP contribution in [0.25, 0.3) is 0 Å². The Hall–Kier alpha value is -1.59. The van der Waals surface area contributed by atoms with Crippen molar-refractivity contribution in [3.05, 3.63) is 29.8 Å². The highest BCUT2D eigenvalue weighted by Gasteiger charge is 2.25. The van der Waals surface area contributed by atoms with Crippen molar-refractivity contribution in [1.82, 2.24) is 10.6 Å². The third-order valence-electron chi connectivity index (χ3n) is 6.02. The van der Waals surface area contributed by atoms with Gasteiger partial charge in [-0.2, -0.15) is 0 Å². The molecule has 0 aliphatic carbocycles. The van der Waals surface area contributed by atoms with Gasteiger partial charge in [0.1, 0.15) is 5.75 Å². The molecule has 0 radical (unpaired) electrons. The summed E-state index contributed by atoms with van der Waals surface area (Å²) < 4.78 is 0. The molecule has 4 atom stereocenters. The summed E-state index contributed by atoms with van der Waals surface area (Å²) in [5, 5.41) is 16.3. The summed E-state index contributed by atoms with van der Waals surface area (Å²) in [7, 11) is 0. The first-order chi connectivity index (χ1) is 14.4. The van der Waals surface area contributed by atoms with E-state index >= 15 is 0 Å². The van der Waals surface area contributed by atoms with Crippen LogP contribution in [0.1, 0.15) is 84.6 Å². The smallest absolute Gasteiger partial charge is 0.237 e. The Bertz CT molecular complexity index is 576. The van der Waals surface area contributed by atoms with Gasteiger partial charge < -0.3 is 21.5 Å². The summed E-state index contributed by atoms with van der Waals surface area (Å²) in [5.41, 5.74) is 7.20. The quantitative estimate of drug-likeness (QED) is 0.297. The Balaban J connectivity index is 2.85. The molecule has 0 unspecified atom stereocenters. The van der Waals surface area contributed by atoms with Gasteiger partial charge in [-0.1, -0.05) is 78.4 Å². The van der Waals surface area contributed by atoms with Gasteiger partial charge in [0.2, 0.25) is 5.91 Å². The van der Waals surface area contributed by atoms with E-state index in [9.17, 15) is 9.90 Å². The molecule has 5 N–H and O–H groups in total. The number of hydrogen-bond acceptors (Lipinski definition) is 4. The Labute approximate surface area is 184 Å². The maximum absolute atomic E-state index is 13.1. The molecule has 0 heterocycles. The molecule has 0 aliphatic heterocycles. The number of phenolic OH excluding ortho intramolecular Hbond substituents is 1. The Kier molecular flexibility index (Phi) is 13.4. The Morgan fingerprint density at radius 3 is 2.30 bits per heavy atom. The molecule has 0 fully saturated rings.